The number of hydrogen-bond acceptors (Lipinski definition) is 2. The van der Waals surface area contributed by atoms with Crippen LogP contribution in [0.2, 0.25) is 0 Å². The molecule has 0 saturated carbocycles. The van der Waals surface area contributed by atoms with Gasteiger partial charge in [0, 0.05) is 13.1 Å². The summed E-state index contributed by atoms with van der Waals surface area (Å²) in [5.41, 5.74) is 8.53. The second-order valence-electron chi connectivity index (χ2n) is 6.04. The summed E-state index contributed by atoms with van der Waals surface area (Å²) in [7, 11) is 0. The first-order valence-electron chi connectivity index (χ1n) is 8.39. The van der Waals surface area contributed by atoms with E-state index in [-0.39, 0.29) is 24.0 Å². The fraction of sp³-hybridized carbons (Fsp3) is 0.611. The smallest absolute Gasteiger partial charge is 0.188 e. The number of halogens is 1. The topological polar surface area (TPSA) is 53.6 Å². The molecule has 0 bridgehead atoms. The highest BCUT2D eigenvalue weighted by Gasteiger charge is 2.06. The third-order valence-electron chi connectivity index (χ3n) is 3.85. The Hall–Kier alpha value is -0.820. The maximum atomic E-state index is 5.94. The summed E-state index contributed by atoms with van der Waals surface area (Å²) in [6.07, 6.45) is 1.11. The van der Waals surface area contributed by atoms with Crippen LogP contribution >= 0.6 is 24.0 Å². The number of nitrogens with one attached hydrogen (secondary N) is 1. The fourth-order valence-corrected chi connectivity index (χ4v) is 2.27. The van der Waals surface area contributed by atoms with Crippen molar-refractivity contribution < 1.29 is 0 Å². The summed E-state index contributed by atoms with van der Waals surface area (Å²) >= 11 is 0. The molecule has 0 amide bonds. The molecule has 0 heterocycles. The van der Waals surface area contributed by atoms with Crippen LogP contribution in [-0.4, -0.2) is 30.5 Å². The molecule has 0 aromatic heterocycles. The Morgan fingerprint density at radius 2 is 1.78 bits per heavy atom. The second kappa shape index (κ2) is 12.6. The lowest BCUT2D eigenvalue weighted by Gasteiger charge is -2.19. The molecule has 0 fully saturated rings. The number of nitrogens with zero attached hydrogens (tertiary/aromatic N) is 2. The first-order chi connectivity index (χ1) is 10.6. The van der Waals surface area contributed by atoms with Gasteiger partial charge in [0.2, 0.25) is 0 Å². The van der Waals surface area contributed by atoms with Gasteiger partial charge >= 0.3 is 0 Å². The van der Waals surface area contributed by atoms with Gasteiger partial charge in [-0.15, -0.1) is 24.0 Å². The second-order valence-corrected chi connectivity index (χ2v) is 6.04. The van der Waals surface area contributed by atoms with Crippen LogP contribution in [0, 0.1) is 5.92 Å². The van der Waals surface area contributed by atoms with E-state index in [2.05, 4.69) is 67.2 Å². The Bertz CT molecular complexity index is 456. The van der Waals surface area contributed by atoms with Crippen molar-refractivity contribution in [3.63, 3.8) is 0 Å². The molecule has 5 heteroatoms. The SMILES string of the molecule is CCN(CC)Cc1ccccc1CN=C(N)NCCC(C)C.I. The first-order valence-corrected chi connectivity index (χ1v) is 8.39. The third kappa shape index (κ3) is 9.15. The number of rotatable bonds is 9. The maximum absolute atomic E-state index is 5.94. The molecule has 3 N–H and O–H groups in total. The van der Waals surface area contributed by atoms with Crippen molar-refractivity contribution in [3.8, 4) is 0 Å². The number of nitrogens with two attached hydrogens (primary N) is 1. The minimum atomic E-state index is 0. The van der Waals surface area contributed by atoms with Gasteiger partial charge in [0.05, 0.1) is 6.54 Å². The van der Waals surface area contributed by atoms with E-state index >= 15 is 0 Å². The normalized spacial score (nSPS) is 11.7. The molecule has 1 rings (SSSR count). The molecule has 0 aliphatic heterocycles. The summed E-state index contributed by atoms with van der Waals surface area (Å²) in [5.74, 6) is 1.22. The third-order valence-corrected chi connectivity index (χ3v) is 3.85. The van der Waals surface area contributed by atoms with E-state index in [4.69, 9.17) is 5.73 Å². The van der Waals surface area contributed by atoms with Crippen LogP contribution in [0.1, 0.15) is 45.2 Å². The average molecular weight is 432 g/mol. The van der Waals surface area contributed by atoms with Crippen LogP contribution in [0.15, 0.2) is 29.3 Å². The van der Waals surface area contributed by atoms with Crippen molar-refractivity contribution in [2.24, 2.45) is 16.6 Å². The monoisotopic (exact) mass is 432 g/mol. The van der Waals surface area contributed by atoms with Gasteiger partial charge in [0.15, 0.2) is 5.96 Å². The predicted molar refractivity (Wildman–Crippen MR) is 111 cm³/mol. The van der Waals surface area contributed by atoms with Gasteiger partial charge < -0.3 is 11.1 Å². The van der Waals surface area contributed by atoms with Crippen molar-refractivity contribution in [1.82, 2.24) is 10.2 Å². The molecule has 0 aliphatic rings. The Morgan fingerprint density at radius 1 is 1.17 bits per heavy atom. The van der Waals surface area contributed by atoms with Crippen LogP contribution in [0.25, 0.3) is 0 Å². The lowest BCUT2D eigenvalue weighted by atomic mass is 10.1. The van der Waals surface area contributed by atoms with E-state index in [1.807, 2.05) is 0 Å². The van der Waals surface area contributed by atoms with Crippen molar-refractivity contribution in [2.75, 3.05) is 19.6 Å². The summed E-state index contributed by atoms with van der Waals surface area (Å²) in [6, 6.07) is 8.49. The van der Waals surface area contributed by atoms with Gasteiger partial charge in [-0.3, -0.25) is 4.90 Å². The van der Waals surface area contributed by atoms with E-state index in [1.165, 1.54) is 11.1 Å². The van der Waals surface area contributed by atoms with Crippen molar-refractivity contribution in [3.05, 3.63) is 35.4 Å². The van der Waals surface area contributed by atoms with Crippen LogP contribution in [0.4, 0.5) is 0 Å². The molecule has 132 valence electrons. The first kappa shape index (κ1) is 22.2. The minimum absolute atomic E-state index is 0. The molecule has 1 aromatic rings. The standard InChI is InChI=1S/C18H32N4.HI/c1-5-22(6-2)14-17-10-8-7-9-16(17)13-21-18(19)20-12-11-15(3)4;/h7-10,15H,5-6,11-14H2,1-4H3,(H3,19,20,21);1H. The quantitative estimate of drug-likeness (QED) is 0.356. The Kier molecular flexibility index (Phi) is 12.1. The molecule has 0 atom stereocenters. The highest BCUT2D eigenvalue weighted by Crippen LogP contribution is 2.12. The summed E-state index contributed by atoms with van der Waals surface area (Å²) in [5, 5.41) is 3.18. The summed E-state index contributed by atoms with van der Waals surface area (Å²) in [4.78, 5) is 6.89. The van der Waals surface area contributed by atoms with E-state index in [0.29, 0.717) is 18.4 Å². The zero-order chi connectivity index (χ0) is 16.4. The van der Waals surface area contributed by atoms with Crippen LogP contribution in [0.3, 0.4) is 0 Å². The Labute approximate surface area is 158 Å². The molecule has 23 heavy (non-hydrogen) atoms. The highest BCUT2D eigenvalue weighted by molar-refractivity contribution is 14.0. The molecule has 4 nitrogen and oxygen atoms in total. The predicted octanol–water partition coefficient (Wildman–Crippen LogP) is 3.60. The highest BCUT2D eigenvalue weighted by atomic mass is 127. The summed E-state index contributed by atoms with van der Waals surface area (Å²) in [6.45, 7) is 13.4. The van der Waals surface area contributed by atoms with Crippen LogP contribution in [0.5, 0.6) is 0 Å². The lowest BCUT2D eigenvalue weighted by molar-refractivity contribution is 0.295. The molecule has 1 aromatic carbocycles. The Morgan fingerprint density at radius 3 is 2.35 bits per heavy atom. The zero-order valence-corrected chi connectivity index (χ0v) is 17.3. The number of benzene rings is 1. The van der Waals surface area contributed by atoms with Gasteiger partial charge in [-0.25, -0.2) is 4.99 Å². The van der Waals surface area contributed by atoms with Gasteiger partial charge in [0.1, 0.15) is 0 Å². The van der Waals surface area contributed by atoms with Crippen LogP contribution < -0.4 is 11.1 Å². The van der Waals surface area contributed by atoms with Crippen molar-refractivity contribution >= 4 is 29.9 Å². The maximum Gasteiger partial charge on any atom is 0.188 e. The van der Waals surface area contributed by atoms with Gasteiger partial charge in [-0.1, -0.05) is 52.0 Å². The zero-order valence-electron chi connectivity index (χ0n) is 15.0. The van der Waals surface area contributed by atoms with Gasteiger partial charge in [-0.2, -0.15) is 0 Å². The molecule has 0 aliphatic carbocycles. The van der Waals surface area contributed by atoms with E-state index < -0.39 is 0 Å². The largest absolute Gasteiger partial charge is 0.370 e. The van der Waals surface area contributed by atoms with Gasteiger partial charge in [-0.05, 0) is 36.6 Å². The van der Waals surface area contributed by atoms with E-state index in [0.717, 1.165) is 32.6 Å². The molecule has 0 unspecified atom stereocenters. The Balaban J connectivity index is 0.00000484. The summed E-state index contributed by atoms with van der Waals surface area (Å²) < 4.78 is 0. The molecule has 0 radical (unpaired) electrons. The number of hydrogen-bond donors (Lipinski definition) is 2. The molecular weight excluding hydrogens is 399 g/mol. The molecule has 0 saturated heterocycles. The fourth-order valence-electron chi connectivity index (χ4n) is 2.27. The van der Waals surface area contributed by atoms with Gasteiger partial charge in [0.25, 0.3) is 0 Å². The number of aliphatic imine (C=N–C) groups is 1. The minimum Gasteiger partial charge on any atom is -0.370 e. The lowest BCUT2D eigenvalue weighted by Crippen LogP contribution is -2.33. The van der Waals surface area contributed by atoms with Crippen molar-refractivity contribution in [1.29, 1.82) is 0 Å². The van der Waals surface area contributed by atoms with E-state index in [9.17, 15) is 0 Å². The number of guanidine groups is 1. The van der Waals surface area contributed by atoms with Crippen molar-refractivity contribution in [2.45, 2.75) is 47.2 Å². The molecule has 0 spiro atoms. The van der Waals surface area contributed by atoms with Crippen LogP contribution in [-0.2, 0) is 13.1 Å². The van der Waals surface area contributed by atoms with E-state index in [1.54, 1.807) is 0 Å². The average Bonchev–Trinajstić information content (AvgIpc) is 2.51. The molecular formula is C18H33IN4.